The standard InChI is InChI=1S/C23H19ClFN5O3S/c1-15(16-2-7-19(8-3-16)30-14-26-13-27-30)28-23(31)17-4-11-21(24)22(12-17)29-34(32,33)20-9-5-18(25)6-10-20/h2-15,29H,1H3,(H,28,31). The van der Waals surface area contributed by atoms with Crippen LogP contribution in [0.2, 0.25) is 5.02 Å². The highest BCUT2D eigenvalue weighted by molar-refractivity contribution is 7.92. The van der Waals surface area contributed by atoms with Gasteiger partial charge in [0, 0.05) is 5.56 Å². The molecule has 174 valence electrons. The molecule has 1 heterocycles. The molecule has 0 spiro atoms. The predicted octanol–water partition coefficient (Wildman–Crippen LogP) is 4.35. The minimum Gasteiger partial charge on any atom is -0.346 e. The Balaban J connectivity index is 1.48. The molecule has 11 heteroatoms. The number of nitrogens with one attached hydrogen (secondary N) is 2. The maximum atomic E-state index is 13.1. The maximum absolute atomic E-state index is 13.1. The Morgan fingerprint density at radius 3 is 2.41 bits per heavy atom. The number of amides is 1. The van der Waals surface area contributed by atoms with Crippen molar-refractivity contribution in [2.75, 3.05) is 4.72 Å². The van der Waals surface area contributed by atoms with Gasteiger partial charge in [0.25, 0.3) is 15.9 Å². The number of rotatable bonds is 7. The molecule has 0 fully saturated rings. The first kappa shape index (κ1) is 23.4. The van der Waals surface area contributed by atoms with E-state index in [0.29, 0.717) is 0 Å². The van der Waals surface area contributed by atoms with E-state index in [9.17, 15) is 17.6 Å². The molecule has 3 aromatic carbocycles. The van der Waals surface area contributed by atoms with Gasteiger partial charge >= 0.3 is 0 Å². The van der Waals surface area contributed by atoms with Crippen molar-refractivity contribution in [1.82, 2.24) is 20.1 Å². The third kappa shape index (κ3) is 5.24. The Kier molecular flexibility index (Phi) is 6.62. The van der Waals surface area contributed by atoms with Gasteiger partial charge in [-0.3, -0.25) is 9.52 Å². The van der Waals surface area contributed by atoms with Crippen LogP contribution in [0, 0.1) is 5.82 Å². The highest BCUT2D eigenvalue weighted by Crippen LogP contribution is 2.26. The Hall–Kier alpha value is -3.76. The molecule has 34 heavy (non-hydrogen) atoms. The van der Waals surface area contributed by atoms with E-state index in [1.807, 2.05) is 31.2 Å². The fourth-order valence-corrected chi connectivity index (χ4v) is 4.47. The summed E-state index contributed by atoms with van der Waals surface area (Å²) in [5.41, 5.74) is 1.94. The number of carbonyl (C=O) groups is 1. The number of anilines is 1. The summed E-state index contributed by atoms with van der Waals surface area (Å²) in [5.74, 6) is -0.968. The minimum atomic E-state index is -4.03. The second-order valence-electron chi connectivity index (χ2n) is 7.38. The van der Waals surface area contributed by atoms with Crippen molar-refractivity contribution in [3.05, 3.63) is 101 Å². The van der Waals surface area contributed by atoms with Crippen LogP contribution in [0.1, 0.15) is 28.9 Å². The van der Waals surface area contributed by atoms with Crippen LogP contribution in [0.15, 0.2) is 84.3 Å². The first-order chi connectivity index (χ1) is 16.2. The summed E-state index contributed by atoms with van der Waals surface area (Å²) < 4.78 is 42.3. The van der Waals surface area contributed by atoms with Gasteiger partial charge < -0.3 is 5.32 Å². The number of carbonyl (C=O) groups excluding carboxylic acids is 1. The van der Waals surface area contributed by atoms with Crippen LogP contribution >= 0.6 is 11.6 Å². The van der Waals surface area contributed by atoms with Crippen LogP contribution in [0.5, 0.6) is 0 Å². The summed E-state index contributed by atoms with van der Waals surface area (Å²) >= 11 is 6.15. The highest BCUT2D eigenvalue weighted by atomic mass is 35.5. The highest BCUT2D eigenvalue weighted by Gasteiger charge is 2.18. The monoisotopic (exact) mass is 499 g/mol. The normalized spacial score (nSPS) is 12.2. The van der Waals surface area contributed by atoms with E-state index in [0.717, 1.165) is 35.5 Å². The van der Waals surface area contributed by atoms with Gasteiger partial charge in [-0.1, -0.05) is 23.7 Å². The number of nitrogens with zero attached hydrogens (tertiary/aromatic N) is 3. The predicted molar refractivity (Wildman–Crippen MR) is 126 cm³/mol. The number of sulfonamides is 1. The average Bonchev–Trinajstić information content (AvgIpc) is 3.36. The number of halogens is 2. The van der Waals surface area contributed by atoms with Crippen molar-refractivity contribution in [3.8, 4) is 5.69 Å². The lowest BCUT2D eigenvalue weighted by atomic mass is 10.1. The van der Waals surface area contributed by atoms with Crippen LogP contribution in [0.4, 0.5) is 10.1 Å². The molecule has 0 radical (unpaired) electrons. The number of hydrogen-bond acceptors (Lipinski definition) is 5. The van der Waals surface area contributed by atoms with Gasteiger partial charge in [0.15, 0.2) is 0 Å². The topological polar surface area (TPSA) is 106 Å². The quantitative estimate of drug-likeness (QED) is 0.393. The third-order valence-corrected chi connectivity index (χ3v) is 6.73. The van der Waals surface area contributed by atoms with Crippen molar-refractivity contribution >= 4 is 33.2 Å². The molecule has 0 aliphatic heterocycles. The SMILES string of the molecule is CC(NC(=O)c1ccc(Cl)c(NS(=O)(=O)c2ccc(F)cc2)c1)c1ccc(-n2cncn2)cc1. The van der Waals surface area contributed by atoms with Crippen LogP contribution in [-0.4, -0.2) is 29.1 Å². The molecule has 2 N–H and O–H groups in total. The fraction of sp³-hybridized carbons (Fsp3) is 0.0870. The lowest BCUT2D eigenvalue weighted by Crippen LogP contribution is -2.26. The maximum Gasteiger partial charge on any atom is 0.261 e. The smallest absolute Gasteiger partial charge is 0.261 e. The molecular formula is C23H19ClFN5O3S. The summed E-state index contributed by atoms with van der Waals surface area (Å²) in [4.78, 5) is 16.6. The summed E-state index contributed by atoms with van der Waals surface area (Å²) in [7, 11) is -4.03. The fourth-order valence-electron chi connectivity index (χ4n) is 3.18. The molecule has 1 atom stereocenters. The van der Waals surface area contributed by atoms with Gasteiger partial charge in [-0.15, -0.1) is 0 Å². The zero-order chi connectivity index (χ0) is 24.3. The molecule has 0 aliphatic carbocycles. The molecule has 1 unspecified atom stereocenters. The molecule has 1 aromatic heterocycles. The number of aromatic nitrogens is 3. The van der Waals surface area contributed by atoms with E-state index in [4.69, 9.17) is 11.6 Å². The van der Waals surface area contributed by atoms with Crippen LogP contribution in [0.3, 0.4) is 0 Å². The van der Waals surface area contributed by atoms with E-state index in [2.05, 4.69) is 20.1 Å². The lowest BCUT2D eigenvalue weighted by molar-refractivity contribution is 0.0940. The zero-order valence-electron chi connectivity index (χ0n) is 17.8. The van der Waals surface area contributed by atoms with Gasteiger partial charge in [-0.2, -0.15) is 5.10 Å². The van der Waals surface area contributed by atoms with Gasteiger partial charge in [0.1, 0.15) is 18.5 Å². The van der Waals surface area contributed by atoms with E-state index >= 15 is 0 Å². The van der Waals surface area contributed by atoms with E-state index in [1.54, 1.807) is 11.0 Å². The Labute approximate surface area is 200 Å². The van der Waals surface area contributed by atoms with Crippen molar-refractivity contribution in [1.29, 1.82) is 0 Å². The molecule has 0 aliphatic rings. The van der Waals surface area contributed by atoms with E-state index in [1.165, 1.54) is 24.5 Å². The average molecular weight is 500 g/mol. The summed E-state index contributed by atoms with van der Waals surface area (Å²) in [6, 6.07) is 15.7. The summed E-state index contributed by atoms with van der Waals surface area (Å²) in [6.45, 7) is 1.83. The van der Waals surface area contributed by atoms with Gasteiger partial charge in [0.05, 0.1) is 27.3 Å². The molecule has 1 amide bonds. The van der Waals surface area contributed by atoms with Crippen LogP contribution < -0.4 is 10.0 Å². The van der Waals surface area contributed by atoms with E-state index < -0.39 is 21.7 Å². The number of benzene rings is 3. The molecule has 8 nitrogen and oxygen atoms in total. The van der Waals surface area contributed by atoms with Crippen molar-refractivity contribution in [2.45, 2.75) is 17.9 Å². The largest absolute Gasteiger partial charge is 0.346 e. The molecular weight excluding hydrogens is 481 g/mol. The lowest BCUT2D eigenvalue weighted by Gasteiger charge is -2.16. The Bertz CT molecular complexity index is 1410. The Morgan fingerprint density at radius 1 is 1.06 bits per heavy atom. The van der Waals surface area contributed by atoms with Crippen molar-refractivity contribution in [2.24, 2.45) is 0 Å². The van der Waals surface area contributed by atoms with Crippen molar-refractivity contribution < 1.29 is 17.6 Å². The first-order valence-electron chi connectivity index (χ1n) is 10.1. The Morgan fingerprint density at radius 2 is 1.76 bits per heavy atom. The summed E-state index contributed by atoms with van der Waals surface area (Å²) in [5, 5.41) is 7.06. The molecule has 0 saturated heterocycles. The van der Waals surface area contributed by atoms with Crippen LogP contribution in [-0.2, 0) is 10.0 Å². The van der Waals surface area contributed by atoms with Crippen LogP contribution in [0.25, 0.3) is 5.69 Å². The van der Waals surface area contributed by atoms with Crippen molar-refractivity contribution in [3.63, 3.8) is 0 Å². The molecule has 0 saturated carbocycles. The number of hydrogen-bond donors (Lipinski definition) is 2. The first-order valence-corrected chi connectivity index (χ1v) is 11.9. The van der Waals surface area contributed by atoms with Gasteiger partial charge in [0.2, 0.25) is 0 Å². The molecule has 0 bridgehead atoms. The van der Waals surface area contributed by atoms with Gasteiger partial charge in [-0.05, 0) is 67.1 Å². The molecule has 4 aromatic rings. The molecule has 4 rings (SSSR count). The minimum absolute atomic E-state index is 0.0310. The summed E-state index contributed by atoms with van der Waals surface area (Å²) in [6.07, 6.45) is 3.03. The second kappa shape index (κ2) is 9.62. The van der Waals surface area contributed by atoms with E-state index in [-0.39, 0.29) is 27.2 Å². The second-order valence-corrected chi connectivity index (χ2v) is 9.47. The van der Waals surface area contributed by atoms with Gasteiger partial charge in [-0.25, -0.2) is 22.5 Å². The third-order valence-electron chi connectivity index (χ3n) is 5.02. The zero-order valence-corrected chi connectivity index (χ0v) is 19.4.